The molecule has 0 bridgehead atoms. The quantitative estimate of drug-likeness (QED) is 0.836. The molecular weight excluding hydrogens is 272 g/mol. The molecule has 0 fully saturated rings. The summed E-state index contributed by atoms with van der Waals surface area (Å²) in [6.45, 7) is 0.413. The maximum atomic E-state index is 13.4. The fourth-order valence-electron chi connectivity index (χ4n) is 1.50. The number of rotatable bonds is 4. The predicted molar refractivity (Wildman–Crippen MR) is 63.9 cm³/mol. The number of nitrogens with two attached hydrogens (primary N) is 2. The Kier molecular flexibility index (Phi) is 6.59. The molecule has 7 heteroatoms. The highest BCUT2D eigenvalue weighted by Crippen LogP contribution is 2.31. The van der Waals surface area contributed by atoms with Gasteiger partial charge in [-0.2, -0.15) is 13.2 Å². The first-order chi connectivity index (χ1) is 7.86. The summed E-state index contributed by atoms with van der Waals surface area (Å²) in [6.07, 6.45) is -3.50. The van der Waals surface area contributed by atoms with Crippen molar-refractivity contribution in [2.75, 3.05) is 6.54 Å². The van der Waals surface area contributed by atoms with E-state index in [1.54, 1.807) is 0 Å². The van der Waals surface area contributed by atoms with Gasteiger partial charge in [-0.3, -0.25) is 0 Å². The van der Waals surface area contributed by atoms with Gasteiger partial charge in [-0.25, -0.2) is 4.39 Å². The van der Waals surface area contributed by atoms with Crippen LogP contribution in [-0.4, -0.2) is 6.54 Å². The monoisotopic (exact) mass is 286 g/mol. The molecule has 1 rings (SSSR count). The number of alkyl halides is 3. The van der Waals surface area contributed by atoms with Crippen LogP contribution in [0, 0.1) is 5.82 Å². The molecule has 0 amide bonds. The summed E-state index contributed by atoms with van der Waals surface area (Å²) in [6, 6.07) is 1.76. The number of benzene rings is 1. The second-order valence-corrected chi connectivity index (χ2v) is 3.77. The molecule has 1 atom stereocenters. The fourth-order valence-corrected chi connectivity index (χ4v) is 1.50. The van der Waals surface area contributed by atoms with Gasteiger partial charge < -0.3 is 11.5 Å². The predicted octanol–water partition coefficient (Wildman–Crippen LogP) is 3.01. The average molecular weight is 287 g/mol. The van der Waals surface area contributed by atoms with Gasteiger partial charge >= 0.3 is 6.18 Å². The van der Waals surface area contributed by atoms with Crippen molar-refractivity contribution in [3.05, 3.63) is 35.1 Å². The SMILES string of the molecule is Cl.NCCC[C@H](N)c1ccc(C(F)(F)F)cc1F. The lowest BCUT2D eigenvalue weighted by Gasteiger charge is -2.14. The molecule has 104 valence electrons. The van der Waals surface area contributed by atoms with Gasteiger partial charge in [0.05, 0.1) is 5.56 Å². The molecule has 2 nitrogen and oxygen atoms in total. The number of hydrogen-bond acceptors (Lipinski definition) is 2. The van der Waals surface area contributed by atoms with Crippen molar-refractivity contribution in [1.82, 2.24) is 0 Å². The molecule has 0 aromatic heterocycles. The highest BCUT2D eigenvalue weighted by atomic mass is 35.5. The molecule has 0 radical (unpaired) electrons. The molecule has 1 aromatic rings. The molecule has 0 heterocycles. The van der Waals surface area contributed by atoms with Gasteiger partial charge in [0.25, 0.3) is 0 Å². The molecule has 0 saturated heterocycles. The summed E-state index contributed by atoms with van der Waals surface area (Å²) in [5.41, 5.74) is 10.0. The lowest BCUT2D eigenvalue weighted by Crippen LogP contribution is -2.15. The minimum atomic E-state index is -4.54. The highest BCUT2D eigenvalue weighted by molar-refractivity contribution is 5.85. The minimum Gasteiger partial charge on any atom is -0.330 e. The summed E-state index contributed by atoms with van der Waals surface area (Å²) in [5.74, 6) is -0.927. The van der Waals surface area contributed by atoms with E-state index in [1.165, 1.54) is 0 Å². The molecule has 0 spiro atoms. The van der Waals surface area contributed by atoms with Gasteiger partial charge in [-0.1, -0.05) is 6.07 Å². The van der Waals surface area contributed by atoms with E-state index in [2.05, 4.69) is 0 Å². The summed E-state index contributed by atoms with van der Waals surface area (Å²) in [5, 5.41) is 0. The van der Waals surface area contributed by atoms with E-state index in [9.17, 15) is 17.6 Å². The third kappa shape index (κ3) is 4.44. The Labute approximate surface area is 109 Å². The van der Waals surface area contributed by atoms with Crippen LogP contribution < -0.4 is 11.5 Å². The number of hydrogen-bond donors (Lipinski definition) is 2. The number of halogens is 5. The van der Waals surface area contributed by atoms with Gasteiger partial charge in [0.1, 0.15) is 5.82 Å². The molecule has 0 aliphatic heterocycles. The smallest absolute Gasteiger partial charge is 0.330 e. The van der Waals surface area contributed by atoms with Crippen LogP contribution in [0.15, 0.2) is 18.2 Å². The molecule has 0 aliphatic carbocycles. The van der Waals surface area contributed by atoms with Crippen LogP contribution >= 0.6 is 12.4 Å². The van der Waals surface area contributed by atoms with Crippen molar-refractivity contribution in [2.24, 2.45) is 11.5 Å². The Morgan fingerprint density at radius 2 is 1.83 bits per heavy atom. The summed E-state index contributed by atoms with van der Waals surface area (Å²) < 4.78 is 50.3. The minimum absolute atomic E-state index is 0. The average Bonchev–Trinajstić information content (AvgIpc) is 2.24. The third-order valence-electron chi connectivity index (χ3n) is 2.45. The van der Waals surface area contributed by atoms with Crippen LogP contribution in [0.1, 0.15) is 30.0 Å². The zero-order valence-electron chi connectivity index (χ0n) is 9.51. The Bertz CT molecular complexity index is 382. The van der Waals surface area contributed by atoms with E-state index in [-0.39, 0.29) is 18.0 Å². The highest BCUT2D eigenvalue weighted by Gasteiger charge is 2.31. The van der Waals surface area contributed by atoms with Gasteiger partial charge in [-0.15, -0.1) is 12.4 Å². The summed E-state index contributed by atoms with van der Waals surface area (Å²) in [7, 11) is 0. The molecular formula is C11H15ClF4N2. The fraction of sp³-hybridized carbons (Fsp3) is 0.455. The zero-order chi connectivity index (χ0) is 13.1. The van der Waals surface area contributed by atoms with Gasteiger partial charge in [0.2, 0.25) is 0 Å². The van der Waals surface area contributed by atoms with Crippen LogP contribution in [0.2, 0.25) is 0 Å². The van der Waals surface area contributed by atoms with Crippen molar-refractivity contribution in [1.29, 1.82) is 0 Å². The van der Waals surface area contributed by atoms with Crippen molar-refractivity contribution >= 4 is 12.4 Å². The van der Waals surface area contributed by atoms with Crippen molar-refractivity contribution < 1.29 is 17.6 Å². The van der Waals surface area contributed by atoms with Gasteiger partial charge in [0.15, 0.2) is 0 Å². The maximum absolute atomic E-state index is 13.4. The largest absolute Gasteiger partial charge is 0.416 e. The molecule has 0 unspecified atom stereocenters. The molecule has 0 aliphatic rings. The van der Waals surface area contributed by atoms with Crippen molar-refractivity contribution in [2.45, 2.75) is 25.1 Å². The first-order valence-electron chi connectivity index (χ1n) is 5.18. The third-order valence-corrected chi connectivity index (χ3v) is 2.45. The van der Waals surface area contributed by atoms with Crippen molar-refractivity contribution in [3.63, 3.8) is 0 Å². The Morgan fingerprint density at radius 1 is 1.22 bits per heavy atom. The van der Waals surface area contributed by atoms with E-state index in [0.29, 0.717) is 25.5 Å². The topological polar surface area (TPSA) is 52.0 Å². The van der Waals surface area contributed by atoms with E-state index < -0.39 is 23.6 Å². The van der Waals surface area contributed by atoms with E-state index in [1.807, 2.05) is 0 Å². The normalized spacial score (nSPS) is 13.0. The van der Waals surface area contributed by atoms with Crippen LogP contribution in [0.4, 0.5) is 17.6 Å². The molecule has 1 aromatic carbocycles. The molecule has 4 N–H and O–H groups in total. The van der Waals surface area contributed by atoms with Crippen molar-refractivity contribution in [3.8, 4) is 0 Å². The lowest BCUT2D eigenvalue weighted by atomic mass is 10.0. The van der Waals surface area contributed by atoms with Crippen LogP contribution in [-0.2, 0) is 6.18 Å². The second-order valence-electron chi connectivity index (χ2n) is 3.77. The molecule has 18 heavy (non-hydrogen) atoms. The van der Waals surface area contributed by atoms with E-state index >= 15 is 0 Å². The first-order valence-corrected chi connectivity index (χ1v) is 5.18. The van der Waals surface area contributed by atoms with Crippen LogP contribution in [0.3, 0.4) is 0 Å². The lowest BCUT2D eigenvalue weighted by molar-refractivity contribution is -0.137. The Hall–Kier alpha value is -0.850. The zero-order valence-corrected chi connectivity index (χ0v) is 10.3. The van der Waals surface area contributed by atoms with Gasteiger partial charge in [-0.05, 0) is 31.5 Å². The van der Waals surface area contributed by atoms with Crippen LogP contribution in [0.25, 0.3) is 0 Å². The molecule has 0 saturated carbocycles. The second kappa shape index (κ2) is 6.92. The summed E-state index contributed by atoms with van der Waals surface area (Å²) in [4.78, 5) is 0. The Balaban J connectivity index is 0.00000289. The Morgan fingerprint density at radius 3 is 2.28 bits per heavy atom. The maximum Gasteiger partial charge on any atom is 0.416 e. The van der Waals surface area contributed by atoms with Gasteiger partial charge in [0, 0.05) is 11.6 Å². The summed E-state index contributed by atoms with van der Waals surface area (Å²) >= 11 is 0. The first kappa shape index (κ1) is 17.2. The van der Waals surface area contributed by atoms with E-state index in [4.69, 9.17) is 11.5 Å². The van der Waals surface area contributed by atoms with E-state index in [0.717, 1.165) is 12.1 Å². The standard InChI is InChI=1S/C11H14F4N2.ClH/c12-9-6-7(11(13,14)15)3-4-8(9)10(17)2-1-5-16;/h3-4,6,10H,1-2,5,16-17H2;1H/t10-;/m0./s1. The van der Waals surface area contributed by atoms with Crippen LogP contribution in [0.5, 0.6) is 0 Å².